The highest BCUT2D eigenvalue weighted by Gasteiger charge is 2.30. The van der Waals surface area contributed by atoms with Gasteiger partial charge in [0.25, 0.3) is 0 Å². The molecule has 1 aromatic heterocycles. The number of nitrogens with zero attached hydrogens (tertiary/aromatic N) is 3. The van der Waals surface area contributed by atoms with Crippen LogP contribution < -0.4 is 4.90 Å². The zero-order chi connectivity index (χ0) is 16.2. The normalized spacial score (nSPS) is 18.0. The molecule has 0 amide bonds. The van der Waals surface area contributed by atoms with E-state index in [0.29, 0.717) is 6.54 Å². The molecular formula is C18H21N3O2. The van der Waals surface area contributed by atoms with Crippen molar-refractivity contribution < 1.29 is 9.90 Å². The Morgan fingerprint density at radius 1 is 1.30 bits per heavy atom. The second-order valence-electron chi connectivity index (χ2n) is 5.89. The van der Waals surface area contributed by atoms with Crippen LogP contribution in [0.3, 0.4) is 0 Å². The molecule has 2 heterocycles. The van der Waals surface area contributed by atoms with Crippen LogP contribution in [-0.4, -0.2) is 40.6 Å². The number of para-hydroxylation sites is 1. The maximum Gasteiger partial charge on any atom is 0.320 e. The molecule has 1 aliphatic heterocycles. The zero-order valence-corrected chi connectivity index (χ0v) is 13.2. The number of hydrogen-bond acceptors (Lipinski definition) is 4. The molecule has 0 bridgehead atoms. The first-order chi connectivity index (χ1) is 11.1. The lowest BCUT2D eigenvalue weighted by Crippen LogP contribution is -2.35. The van der Waals surface area contributed by atoms with E-state index in [1.807, 2.05) is 65.5 Å². The predicted molar refractivity (Wildman–Crippen MR) is 89.8 cm³/mol. The molecule has 5 nitrogen and oxygen atoms in total. The van der Waals surface area contributed by atoms with Crippen LogP contribution in [0.1, 0.15) is 18.4 Å². The van der Waals surface area contributed by atoms with Crippen molar-refractivity contribution in [3.63, 3.8) is 0 Å². The summed E-state index contributed by atoms with van der Waals surface area (Å²) in [6.07, 6.45) is 3.52. The third kappa shape index (κ3) is 3.51. The van der Waals surface area contributed by atoms with Crippen molar-refractivity contribution in [2.45, 2.75) is 25.4 Å². The van der Waals surface area contributed by atoms with Crippen molar-refractivity contribution in [3.05, 3.63) is 54.2 Å². The number of pyridine rings is 1. The minimum absolute atomic E-state index is 0.360. The van der Waals surface area contributed by atoms with Gasteiger partial charge in [-0.25, -0.2) is 4.98 Å². The van der Waals surface area contributed by atoms with Gasteiger partial charge < -0.3 is 10.0 Å². The van der Waals surface area contributed by atoms with Gasteiger partial charge in [0.2, 0.25) is 0 Å². The van der Waals surface area contributed by atoms with E-state index >= 15 is 0 Å². The number of aliphatic carboxylic acids is 1. The number of hydrogen-bond donors (Lipinski definition) is 1. The predicted octanol–water partition coefficient (Wildman–Crippen LogP) is 2.90. The van der Waals surface area contributed by atoms with Gasteiger partial charge in [0.05, 0.1) is 0 Å². The minimum Gasteiger partial charge on any atom is -0.480 e. The highest BCUT2D eigenvalue weighted by atomic mass is 16.4. The van der Waals surface area contributed by atoms with E-state index in [9.17, 15) is 9.90 Å². The number of benzene rings is 1. The molecule has 2 aromatic rings. The van der Waals surface area contributed by atoms with E-state index in [-0.39, 0.29) is 6.04 Å². The second-order valence-corrected chi connectivity index (χ2v) is 5.89. The highest BCUT2D eigenvalue weighted by molar-refractivity contribution is 5.73. The van der Waals surface area contributed by atoms with E-state index in [0.717, 1.165) is 36.5 Å². The first-order valence-corrected chi connectivity index (χ1v) is 7.86. The summed E-state index contributed by atoms with van der Waals surface area (Å²) >= 11 is 0. The topological polar surface area (TPSA) is 56.7 Å². The van der Waals surface area contributed by atoms with Crippen LogP contribution in [0.25, 0.3) is 0 Å². The molecule has 1 atom stereocenters. The van der Waals surface area contributed by atoms with E-state index < -0.39 is 5.97 Å². The molecule has 0 aliphatic carbocycles. The molecule has 3 rings (SSSR count). The summed E-state index contributed by atoms with van der Waals surface area (Å²) in [4.78, 5) is 19.8. The number of carboxylic acid groups (broad SMARTS) is 1. The summed E-state index contributed by atoms with van der Waals surface area (Å²) < 4.78 is 0. The van der Waals surface area contributed by atoms with Gasteiger partial charge in [-0.1, -0.05) is 24.3 Å². The van der Waals surface area contributed by atoms with Gasteiger partial charge in [0, 0.05) is 25.5 Å². The Morgan fingerprint density at radius 3 is 2.74 bits per heavy atom. The van der Waals surface area contributed by atoms with E-state index in [1.54, 1.807) is 0 Å². The largest absolute Gasteiger partial charge is 0.480 e. The van der Waals surface area contributed by atoms with Gasteiger partial charge in [-0.05, 0) is 43.1 Å². The van der Waals surface area contributed by atoms with Crippen molar-refractivity contribution in [2.24, 2.45) is 0 Å². The van der Waals surface area contributed by atoms with Crippen molar-refractivity contribution in [1.82, 2.24) is 9.88 Å². The second kappa shape index (κ2) is 6.79. The maximum atomic E-state index is 11.2. The molecule has 5 heteroatoms. The minimum atomic E-state index is -0.726. The Kier molecular flexibility index (Phi) is 4.57. The number of aromatic nitrogens is 1. The molecule has 1 aromatic carbocycles. The molecule has 1 fully saturated rings. The average molecular weight is 311 g/mol. The summed E-state index contributed by atoms with van der Waals surface area (Å²) in [6, 6.07) is 13.7. The fraction of sp³-hybridized carbons (Fsp3) is 0.333. The van der Waals surface area contributed by atoms with Gasteiger partial charge in [-0.15, -0.1) is 0 Å². The standard InChI is InChI=1S/C18H21N3O2/c1-20(15-6-3-2-4-7-15)17-10-9-14(12-19-17)13-21-11-5-8-16(21)18(22)23/h2-4,6-7,9-10,12,16H,5,8,11,13H2,1H3,(H,22,23). The van der Waals surface area contributed by atoms with Crippen molar-refractivity contribution in [1.29, 1.82) is 0 Å². The lowest BCUT2D eigenvalue weighted by molar-refractivity contribution is -0.142. The monoisotopic (exact) mass is 311 g/mol. The number of carbonyl (C=O) groups is 1. The van der Waals surface area contributed by atoms with E-state index in [4.69, 9.17) is 0 Å². The van der Waals surface area contributed by atoms with Crippen molar-refractivity contribution >= 4 is 17.5 Å². The fourth-order valence-electron chi connectivity index (χ4n) is 3.02. The number of carboxylic acids is 1. The summed E-state index contributed by atoms with van der Waals surface area (Å²) in [5.74, 6) is 0.145. The Bertz CT molecular complexity index is 658. The van der Waals surface area contributed by atoms with Crippen LogP contribution in [0.5, 0.6) is 0 Å². The highest BCUT2D eigenvalue weighted by Crippen LogP contribution is 2.23. The van der Waals surface area contributed by atoms with Gasteiger partial charge in [0.15, 0.2) is 0 Å². The Hall–Kier alpha value is -2.40. The number of rotatable bonds is 5. The molecule has 1 unspecified atom stereocenters. The molecule has 1 saturated heterocycles. The quantitative estimate of drug-likeness (QED) is 0.920. The lowest BCUT2D eigenvalue weighted by Gasteiger charge is -2.22. The van der Waals surface area contributed by atoms with E-state index in [1.165, 1.54) is 0 Å². The Labute approximate surface area is 136 Å². The zero-order valence-electron chi connectivity index (χ0n) is 13.2. The lowest BCUT2D eigenvalue weighted by atomic mass is 10.2. The Balaban J connectivity index is 1.69. The molecular weight excluding hydrogens is 290 g/mol. The van der Waals surface area contributed by atoms with Gasteiger partial charge >= 0.3 is 5.97 Å². The summed E-state index contributed by atoms with van der Waals surface area (Å²) in [5.41, 5.74) is 2.13. The maximum absolute atomic E-state index is 11.2. The summed E-state index contributed by atoms with van der Waals surface area (Å²) in [6.45, 7) is 1.47. The summed E-state index contributed by atoms with van der Waals surface area (Å²) in [7, 11) is 1.98. The fourth-order valence-corrected chi connectivity index (χ4v) is 3.02. The van der Waals surface area contributed by atoms with E-state index in [2.05, 4.69) is 4.98 Å². The molecule has 1 aliphatic rings. The first-order valence-electron chi connectivity index (χ1n) is 7.86. The van der Waals surface area contributed by atoms with Crippen LogP contribution in [-0.2, 0) is 11.3 Å². The third-order valence-corrected chi connectivity index (χ3v) is 4.33. The van der Waals surface area contributed by atoms with Crippen LogP contribution in [0.2, 0.25) is 0 Å². The van der Waals surface area contributed by atoms with Gasteiger partial charge in [-0.2, -0.15) is 0 Å². The first kappa shape index (κ1) is 15.5. The molecule has 0 radical (unpaired) electrons. The van der Waals surface area contributed by atoms with Crippen molar-refractivity contribution in [2.75, 3.05) is 18.5 Å². The smallest absolute Gasteiger partial charge is 0.320 e. The third-order valence-electron chi connectivity index (χ3n) is 4.33. The number of anilines is 2. The van der Waals surface area contributed by atoms with Gasteiger partial charge in [0.1, 0.15) is 11.9 Å². The molecule has 0 saturated carbocycles. The van der Waals surface area contributed by atoms with Crippen LogP contribution in [0, 0.1) is 0 Å². The molecule has 1 N–H and O–H groups in total. The van der Waals surface area contributed by atoms with Crippen LogP contribution in [0.15, 0.2) is 48.7 Å². The SMILES string of the molecule is CN(c1ccccc1)c1ccc(CN2CCCC2C(=O)O)cn1. The summed E-state index contributed by atoms with van der Waals surface area (Å²) in [5, 5.41) is 9.24. The molecule has 23 heavy (non-hydrogen) atoms. The van der Waals surface area contributed by atoms with Gasteiger partial charge in [-0.3, -0.25) is 9.69 Å². The Morgan fingerprint density at radius 2 is 2.09 bits per heavy atom. The average Bonchev–Trinajstić information content (AvgIpc) is 3.04. The van der Waals surface area contributed by atoms with Crippen LogP contribution in [0.4, 0.5) is 11.5 Å². The van der Waals surface area contributed by atoms with Crippen LogP contribution >= 0.6 is 0 Å². The number of likely N-dealkylation sites (tertiary alicyclic amines) is 1. The molecule has 0 spiro atoms. The van der Waals surface area contributed by atoms with Crippen molar-refractivity contribution in [3.8, 4) is 0 Å². The molecule has 120 valence electrons.